The minimum atomic E-state index is -0.674. The highest BCUT2D eigenvalue weighted by atomic mass is 79.9. The highest BCUT2D eigenvalue weighted by molar-refractivity contribution is 9.10. The summed E-state index contributed by atoms with van der Waals surface area (Å²) in [6.45, 7) is 1.90. The van der Waals surface area contributed by atoms with Gasteiger partial charge in [-0.25, -0.2) is 4.39 Å². The Kier molecular flexibility index (Phi) is 3.82. The molecular formula is C13H14BrFN2O. The average Bonchev–Trinajstić information content (AvgIpc) is 2.58. The lowest BCUT2D eigenvalue weighted by atomic mass is 10.0. The molecule has 1 atom stereocenters. The van der Waals surface area contributed by atoms with Crippen molar-refractivity contribution in [3.63, 3.8) is 0 Å². The summed E-state index contributed by atoms with van der Waals surface area (Å²) in [5.74, 6) is -0.311. The maximum absolute atomic E-state index is 13.2. The molecular weight excluding hydrogens is 299 g/mol. The van der Waals surface area contributed by atoms with Crippen molar-refractivity contribution in [3.8, 4) is 0 Å². The van der Waals surface area contributed by atoms with E-state index in [-0.39, 0.29) is 5.82 Å². The Morgan fingerprint density at radius 1 is 1.44 bits per heavy atom. The summed E-state index contributed by atoms with van der Waals surface area (Å²) < 4.78 is 15.6. The van der Waals surface area contributed by atoms with Crippen molar-refractivity contribution in [2.45, 2.75) is 19.4 Å². The van der Waals surface area contributed by atoms with E-state index in [1.165, 1.54) is 12.1 Å². The van der Waals surface area contributed by atoms with E-state index in [4.69, 9.17) is 0 Å². The summed E-state index contributed by atoms with van der Waals surface area (Å²) in [4.78, 5) is 0. The maximum atomic E-state index is 13.2. The molecule has 0 aliphatic carbocycles. The topological polar surface area (TPSA) is 38.1 Å². The number of aromatic nitrogens is 2. The van der Waals surface area contributed by atoms with Gasteiger partial charge in [-0.1, -0.05) is 15.9 Å². The van der Waals surface area contributed by atoms with Gasteiger partial charge < -0.3 is 5.11 Å². The lowest BCUT2D eigenvalue weighted by Crippen LogP contribution is -2.04. The molecule has 1 heterocycles. The fraction of sp³-hybridized carbons (Fsp3) is 0.308. The van der Waals surface area contributed by atoms with Crippen molar-refractivity contribution in [1.29, 1.82) is 0 Å². The lowest BCUT2D eigenvalue weighted by molar-refractivity contribution is 0.177. The monoisotopic (exact) mass is 312 g/mol. The summed E-state index contributed by atoms with van der Waals surface area (Å²) in [6, 6.07) is 4.63. The van der Waals surface area contributed by atoms with Crippen LogP contribution in [0.15, 0.2) is 28.9 Å². The summed E-state index contributed by atoms with van der Waals surface area (Å²) in [7, 11) is 1.82. The first kappa shape index (κ1) is 13.2. The number of rotatable bonds is 3. The molecule has 0 bridgehead atoms. The molecule has 3 nitrogen and oxygen atoms in total. The van der Waals surface area contributed by atoms with Crippen LogP contribution >= 0.6 is 15.9 Å². The quantitative estimate of drug-likeness (QED) is 0.946. The minimum absolute atomic E-state index is 0.311. The van der Waals surface area contributed by atoms with Gasteiger partial charge in [0, 0.05) is 29.2 Å². The van der Waals surface area contributed by atoms with E-state index >= 15 is 0 Å². The fourth-order valence-electron chi connectivity index (χ4n) is 1.90. The first-order valence-electron chi connectivity index (χ1n) is 5.59. The summed E-state index contributed by atoms with van der Waals surface area (Å²) in [6.07, 6.45) is 1.34. The lowest BCUT2D eigenvalue weighted by Gasteiger charge is -2.11. The number of benzene rings is 1. The molecule has 0 saturated carbocycles. The molecule has 0 aliphatic rings. The molecule has 1 unspecified atom stereocenters. The van der Waals surface area contributed by atoms with Crippen molar-refractivity contribution >= 4 is 15.9 Å². The first-order valence-corrected chi connectivity index (χ1v) is 6.38. The number of aliphatic hydroxyl groups excluding tert-OH is 1. The fourth-order valence-corrected chi connectivity index (χ4v) is 2.42. The van der Waals surface area contributed by atoms with Gasteiger partial charge in [0.15, 0.2) is 0 Å². The van der Waals surface area contributed by atoms with E-state index in [2.05, 4.69) is 21.0 Å². The molecule has 0 radical (unpaired) electrons. The van der Waals surface area contributed by atoms with Gasteiger partial charge in [-0.2, -0.15) is 5.10 Å². The van der Waals surface area contributed by atoms with Crippen molar-refractivity contribution in [2.75, 3.05) is 0 Å². The van der Waals surface area contributed by atoms with Crippen LogP contribution in [-0.4, -0.2) is 14.9 Å². The summed E-state index contributed by atoms with van der Waals surface area (Å²) in [5.41, 5.74) is 2.44. The SMILES string of the molecule is Cc1c(C(O)Cc2cc(F)cc(Br)c2)cnn1C. The van der Waals surface area contributed by atoms with Gasteiger partial charge in [0.05, 0.1) is 12.3 Å². The van der Waals surface area contributed by atoms with Gasteiger partial charge in [-0.3, -0.25) is 4.68 Å². The number of aryl methyl sites for hydroxylation is 1. The van der Waals surface area contributed by atoms with E-state index in [0.29, 0.717) is 10.9 Å². The number of hydrogen-bond donors (Lipinski definition) is 1. The number of nitrogens with zero attached hydrogens (tertiary/aromatic N) is 2. The van der Waals surface area contributed by atoms with E-state index in [1.807, 2.05) is 14.0 Å². The van der Waals surface area contributed by atoms with Gasteiger partial charge in [-0.05, 0) is 30.7 Å². The van der Waals surface area contributed by atoms with E-state index in [9.17, 15) is 9.50 Å². The van der Waals surface area contributed by atoms with E-state index < -0.39 is 6.10 Å². The van der Waals surface area contributed by atoms with Crippen molar-refractivity contribution in [3.05, 3.63) is 51.5 Å². The third-order valence-corrected chi connectivity index (χ3v) is 3.44. The molecule has 1 aromatic heterocycles. The maximum Gasteiger partial charge on any atom is 0.124 e. The smallest absolute Gasteiger partial charge is 0.124 e. The molecule has 2 rings (SSSR count). The third-order valence-electron chi connectivity index (χ3n) is 2.98. The Morgan fingerprint density at radius 3 is 2.72 bits per heavy atom. The van der Waals surface area contributed by atoms with Gasteiger partial charge in [0.25, 0.3) is 0 Å². The molecule has 0 saturated heterocycles. The third kappa shape index (κ3) is 2.79. The van der Waals surface area contributed by atoms with Crippen LogP contribution in [0.5, 0.6) is 0 Å². The van der Waals surface area contributed by atoms with Crippen molar-refractivity contribution in [2.24, 2.45) is 7.05 Å². The van der Waals surface area contributed by atoms with Crippen LogP contribution in [0.2, 0.25) is 0 Å². The number of hydrogen-bond acceptors (Lipinski definition) is 2. The normalized spacial score (nSPS) is 12.7. The molecule has 0 aliphatic heterocycles. The van der Waals surface area contributed by atoms with Crippen LogP contribution in [0.25, 0.3) is 0 Å². The van der Waals surface area contributed by atoms with Crippen molar-refractivity contribution in [1.82, 2.24) is 9.78 Å². The molecule has 1 aromatic carbocycles. The minimum Gasteiger partial charge on any atom is -0.388 e. The molecule has 96 valence electrons. The predicted molar refractivity (Wildman–Crippen MR) is 70.7 cm³/mol. The second kappa shape index (κ2) is 5.20. The van der Waals surface area contributed by atoms with Gasteiger partial charge in [-0.15, -0.1) is 0 Å². The largest absolute Gasteiger partial charge is 0.388 e. The zero-order valence-electron chi connectivity index (χ0n) is 10.2. The molecule has 2 aromatic rings. The zero-order valence-corrected chi connectivity index (χ0v) is 11.8. The first-order chi connectivity index (χ1) is 8.47. The highest BCUT2D eigenvalue weighted by Gasteiger charge is 2.15. The summed E-state index contributed by atoms with van der Waals surface area (Å²) in [5, 5.41) is 14.2. The number of halogens is 2. The average molecular weight is 313 g/mol. The van der Waals surface area contributed by atoms with E-state index in [0.717, 1.165) is 16.8 Å². The predicted octanol–water partition coefficient (Wildman–Crippen LogP) is 2.91. The highest BCUT2D eigenvalue weighted by Crippen LogP contribution is 2.23. The van der Waals surface area contributed by atoms with Crippen LogP contribution in [0.4, 0.5) is 4.39 Å². The van der Waals surface area contributed by atoms with Crippen molar-refractivity contribution < 1.29 is 9.50 Å². The molecule has 18 heavy (non-hydrogen) atoms. The Hall–Kier alpha value is -1.20. The van der Waals surface area contributed by atoms with Gasteiger partial charge in [0.2, 0.25) is 0 Å². The molecule has 0 amide bonds. The standard InChI is InChI=1S/C13H14BrFN2O/c1-8-12(7-16-17(8)2)13(18)5-9-3-10(14)6-11(15)4-9/h3-4,6-7,13,18H,5H2,1-2H3. The molecule has 0 fully saturated rings. The van der Waals surface area contributed by atoms with Crippen LogP contribution in [0.1, 0.15) is 22.9 Å². The Bertz CT molecular complexity index is 548. The Labute approximate surface area is 113 Å². The van der Waals surface area contributed by atoms with Crippen LogP contribution < -0.4 is 0 Å². The second-order valence-electron chi connectivity index (χ2n) is 4.31. The second-order valence-corrected chi connectivity index (χ2v) is 5.22. The Balaban J connectivity index is 2.21. The Morgan fingerprint density at radius 2 is 2.17 bits per heavy atom. The number of aliphatic hydroxyl groups is 1. The van der Waals surface area contributed by atoms with Gasteiger partial charge >= 0.3 is 0 Å². The molecule has 5 heteroatoms. The van der Waals surface area contributed by atoms with Crippen LogP contribution in [0.3, 0.4) is 0 Å². The van der Waals surface area contributed by atoms with E-state index in [1.54, 1.807) is 16.9 Å². The van der Waals surface area contributed by atoms with Gasteiger partial charge in [0.1, 0.15) is 5.82 Å². The van der Waals surface area contributed by atoms with Crippen LogP contribution in [0, 0.1) is 12.7 Å². The zero-order chi connectivity index (χ0) is 13.3. The van der Waals surface area contributed by atoms with Crippen LogP contribution in [-0.2, 0) is 13.5 Å². The summed E-state index contributed by atoms with van der Waals surface area (Å²) >= 11 is 3.24. The molecule has 1 N–H and O–H groups in total. The molecule has 0 spiro atoms.